The molecular weight excluding hydrogens is 298 g/mol. The first kappa shape index (κ1) is 9.85. The van der Waals surface area contributed by atoms with Crippen LogP contribution in [0.1, 0.15) is 12.1 Å². The van der Waals surface area contributed by atoms with Gasteiger partial charge in [0.2, 0.25) is 0 Å². The van der Waals surface area contributed by atoms with Crippen LogP contribution in [0, 0.1) is 0 Å². The molecule has 0 aliphatic carbocycles. The first-order valence-corrected chi connectivity index (χ1v) is 4.50. The van der Waals surface area contributed by atoms with Gasteiger partial charge in [-0.15, -0.1) is 0 Å². The number of halogens is 4. The molecule has 0 aromatic carbocycles. The molecule has 2 N–H and O–H groups in total. The molecule has 0 aliphatic heterocycles. The zero-order valence-electron chi connectivity index (χ0n) is 5.69. The summed E-state index contributed by atoms with van der Waals surface area (Å²) in [5.74, 6) is 0.0553. The van der Waals surface area contributed by atoms with Crippen molar-refractivity contribution >= 4 is 37.7 Å². The molecule has 1 aromatic heterocycles. The Morgan fingerprint density at radius 2 is 2.00 bits per heavy atom. The Morgan fingerprint density at radius 1 is 1.42 bits per heavy atom. The van der Waals surface area contributed by atoms with Gasteiger partial charge in [-0.3, -0.25) is 0 Å². The van der Waals surface area contributed by atoms with Gasteiger partial charge >= 0.3 is 0 Å². The second-order valence-corrected chi connectivity index (χ2v) is 3.68. The highest BCUT2D eigenvalue weighted by Gasteiger charge is 2.12. The Kier molecular flexibility index (Phi) is 3.00. The summed E-state index contributed by atoms with van der Waals surface area (Å²) in [5.41, 5.74) is 5.01. The summed E-state index contributed by atoms with van der Waals surface area (Å²) in [7, 11) is 0. The van der Waals surface area contributed by atoms with Gasteiger partial charge in [0.25, 0.3) is 6.43 Å². The number of nitrogen functional groups attached to an aromatic ring is 1. The predicted molar refractivity (Wildman–Crippen MR) is 49.0 cm³/mol. The van der Waals surface area contributed by atoms with Gasteiger partial charge in [-0.25, -0.2) is 13.8 Å². The van der Waals surface area contributed by atoms with Crippen molar-refractivity contribution in [1.29, 1.82) is 0 Å². The Morgan fingerprint density at radius 3 is 2.42 bits per heavy atom. The Labute approximate surface area is 84.4 Å². The standard InChI is InChI=1S/C6H4Br2F2N2/c7-2-1-3(5(9)10)12-6(11)4(2)8/h1,5H,(H2,11,12). The maximum Gasteiger partial charge on any atom is 0.280 e. The molecule has 0 bridgehead atoms. The van der Waals surface area contributed by atoms with Gasteiger partial charge in [-0.1, -0.05) is 0 Å². The minimum absolute atomic E-state index is 0.0553. The molecule has 1 heterocycles. The molecule has 0 unspecified atom stereocenters. The van der Waals surface area contributed by atoms with Gasteiger partial charge in [-0.2, -0.15) is 0 Å². The quantitative estimate of drug-likeness (QED) is 0.865. The molecule has 0 saturated carbocycles. The van der Waals surface area contributed by atoms with Gasteiger partial charge < -0.3 is 5.73 Å². The van der Waals surface area contributed by atoms with Crippen LogP contribution in [0.2, 0.25) is 0 Å². The molecule has 66 valence electrons. The van der Waals surface area contributed by atoms with Crippen LogP contribution in [0.25, 0.3) is 0 Å². The van der Waals surface area contributed by atoms with Gasteiger partial charge in [-0.05, 0) is 37.9 Å². The lowest BCUT2D eigenvalue weighted by Crippen LogP contribution is -1.97. The molecule has 12 heavy (non-hydrogen) atoms. The first-order valence-electron chi connectivity index (χ1n) is 2.92. The highest BCUT2D eigenvalue weighted by molar-refractivity contribution is 9.13. The van der Waals surface area contributed by atoms with Crippen LogP contribution in [0.5, 0.6) is 0 Å². The molecule has 0 radical (unpaired) electrons. The summed E-state index contributed by atoms with van der Waals surface area (Å²) >= 11 is 6.15. The lowest BCUT2D eigenvalue weighted by atomic mass is 10.3. The fourth-order valence-corrected chi connectivity index (χ4v) is 1.29. The number of pyridine rings is 1. The van der Waals surface area contributed by atoms with E-state index in [-0.39, 0.29) is 11.5 Å². The lowest BCUT2D eigenvalue weighted by Gasteiger charge is -2.03. The highest BCUT2D eigenvalue weighted by atomic mass is 79.9. The van der Waals surface area contributed by atoms with Crippen molar-refractivity contribution in [3.8, 4) is 0 Å². The summed E-state index contributed by atoms with van der Waals surface area (Å²) in [6.07, 6.45) is -2.60. The third-order valence-corrected chi connectivity index (χ3v) is 3.17. The topological polar surface area (TPSA) is 38.9 Å². The van der Waals surface area contributed by atoms with Crippen molar-refractivity contribution in [2.24, 2.45) is 0 Å². The summed E-state index contributed by atoms with van der Waals surface area (Å²) < 4.78 is 25.2. The second kappa shape index (κ2) is 3.66. The van der Waals surface area contributed by atoms with Gasteiger partial charge in [0.05, 0.1) is 4.47 Å². The zero-order chi connectivity index (χ0) is 9.30. The Balaban J connectivity index is 3.21. The maximum absolute atomic E-state index is 12.1. The number of nitrogens with zero attached hydrogens (tertiary/aromatic N) is 1. The Bertz CT molecular complexity index is 281. The fourth-order valence-electron chi connectivity index (χ4n) is 0.648. The summed E-state index contributed by atoms with van der Waals surface area (Å²) in [4.78, 5) is 3.48. The van der Waals surface area contributed by atoms with Crippen molar-refractivity contribution in [3.05, 3.63) is 20.7 Å². The molecule has 6 heteroatoms. The van der Waals surface area contributed by atoms with E-state index in [1.165, 1.54) is 6.07 Å². The van der Waals surface area contributed by atoms with E-state index in [2.05, 4.69) is 36.8 Å². The van der Waals surface area contributed by atoms with E-state index in [9.17, 15) is 8.78 Å². The molecule has 0 spiro atoms. The monoisotopic (exact) mass is 300 g/mol. The molecule has 1 aromatic rings. The van der Waals surface area contributed by atoms with Crippen LogP contribution in [-0.4, -0.2) is 4.98 Å². The van der Waals surface area contributed by atoms with Gasteiger partial charge in [0.15, 0.2) is 0 Å². The van der Waals surface area contributed by atoms with Gasteiger partial charge in [0.1, 0.15) is 11.5 Å². The third kappa shape index (κ3) is 1.92. The minimum Gasteiger partial charge on any atom is -0.383 e. The van der Waals surface area contributed by atoms with E-state index < -0.39 is 6.43 Å². The maximum atomic E-state index is 12.1. The molecule has 0 atom stereocenters. The van der Waals surface area contributed by atoms with Crippen molar-refractivity contribution in [2.75, 3.05) is 5.73 Å². The van der Waals surface area contributed by atoms with Crippen molar-refractivity contribution < 1.29 is 8.78 Å². The van der Waals surface area contributed by atoms with E-state index in [4.69, 9.17) is 5.73 Å². The normalized spacial score (nSPS) is 10.8. The van der Waals surface area contributed by atoms with Crippen LogP contribution >= 0.6 is 31.9 Å². The van der Waals surface area contributed by atoms with Crippen LogP contribution in [0.15, 0.2) is 15.0 Å². The largest absolute Gasteiger partial charge is 0.383 e. The number of alkyl halides is 2. The van der Waals surface area contributed by atoms with Crippen LogP contribution < -0.4 is 5.73 Å². The SMILES string of the molecule is Nc1nc(C(F)F)cc(Br)c1Br. The summed E-state index contributed by atoms with van der Waals surface area (Å²) in [6, 6.07) is 1.23. The fraction of sp³-hybridized carbons (Fsp3) is 0.167. The van der Waals surface area contributed by atoms with E-state index in [0.29, 0.717) is 8.95 Å². The van der Waals surface area contributed by atoms with Crippen molar-refractivity contribution in [1.82, 2.24) is 4.98 Å². The molecule has 0 saturated heterocycles. The van der Waals surface area contributed by atoms with E-state index in [1.54, 1.807) is 0 Å². The predicted octanol–water partition coefficient (Wildman–Crippen LogP) is 3.13. The average molecular weight is 302 g/mol. The number of nitrogens with two attached hydrogens (primary N) is 1. The summed E-state index contributed by atoms with van der Waals surface area (Å²) in [6.45, 7) is 0. The smallest absolute Gasteiger partial charge is 0.280 e. The molecule has 0 aliphatic rings. The number of anilines is 1. The number of aromatic nitrogens is 1. The van der Waals surface area contributed by atoms with Crippen molar-refractivity contribution in [2.45, 2.75) is 6.43 Å². The molecular formula is C6H4Br2F2N2. The Hall–Kier alpha value is -0.230. The van der Waals surface area contributed by atoms with Gasteiger partial charge in [0, 0.05) is 4.47 Å². The average Bonchev–Trinajstić information content (AvgIpc) is 1.99. The van der Waals surface area contributed by atoms with E-state index in [0.717, 1.165) is 0 Å². The van der Waals surface area contributed by atoms with Crippen molar-refractivity contribution in [3.63, 3.8) is 0 Å². The zero-order valence-corrected chi connectivity index (χ0v) is 8.86. The van der Waals surface area contributed by atoms with Crippen LogP contribution in [0.4, 0.5) is 14.6 Å². The molecule has 2 nitrogen and oxygen atoms in total. The van der Waals surface area contributed by atoms with Crippen LogP contribution in [-0.2, 0) is 0 Å². The van der Waals surface area contributed by atoms with Crippen LogP contribution in [0.3, 0.4) is 0 Å². The second-order valence-electron chi connectivity index (χ2n) is 2.03. The molecule has 1 rings (SSSR count). The van der Waals surface area contributed by atoms with E-state index in [1.807, 2.05) is 0 Å². The van der Waals surface area contributed by atoms with E-state index >= 15 is 0 Å². The third-order valence-electron chi connectivity index (χ3n) is 1.18. The first-order chi connectivity index (χ1) is 5.52. The molecule has 0 fully saturated rings. The number of hydrogen-bond donors (Lipinski definition) is 1. The number of hydrogen-bond acceptors (Lipinski definition) is 2. The highest BCUT2D eigenvalue weighted by Crippen LogP contribution is 2.30. The minimum atomic E-state index is -2.60. The lowest BCUT2D eigenvalue weighted by molar-refractivity contribution is 0.146. The molecule has 0 amide bonds. The summed E-state index contributed by atoms with van der Waals surface area (Å²) in [5, 5.41) is 0. The number of rotatable bonds is 1.